The van der Waals surface area contributed by atoms with Crippen molar-refractivity contribution in [2.45, 2.75) is 19.8 Å². The molecule has 0 fully saturated rings. The van der Waals surface area contributed by atoms with Gasteiger partial charge in [-0.3, -0.25) is 14.6 Å². The highest BCUT2D eigenvalue weighted by molar-refractivity contribution is 6.08. The van der Waals surface area contributed by atoms with E-state index in [9.17, 15) is 9.59 Å². The van der Waals surface area contributed by atoms with Crippen LogP contribution in [-0.2, 0) is 0 Å². The molecule has 2 amide bonds. The molecule has 114 valence electrons. The van der Waals surface area contributed by atoms with Gasteiger partial charge in [-0.15, -0.1) is 0 Å². The zero-order chi connectivity index (χ0) is 15.8. The second-order valence-electron chi connectivity index (χ2n) is 4.85. The third kappa shape index (κ3) is 4.15. The maximum atomic E-state index is 12.2. The summed E-state index contributed by atoms with van der Waals surface area (Å²) in [6, 6.07) is 10.3. The lowest BCUT2D eigenvalue weighted by Gasteiger charge is -2.11. The SMILES string of the molecule is CCCCNC(=O)c1ccccc1NC(=O)c1cccnc1. The van der Waals surface area contributed by atoms with E-state index in [1.165, 1.54) is 6.20 Å². The van der Waals surface area contributed by atoms with Crippen molar-refractivity contribution in [3.63, 3.8) is 0 Å². The monoisotopic (exact) mass is 297 g/mol. The van der Waals surface area contributed by atoms with E-state index < -0.39 is 0 Å². The van der Waals surface area contributed by atoms with Crippen molar-refractivity contribution in [2.24, 2.45) is 0 Å². The average molecular weight is 297 g/mol. The molecular formula is C17H19N3O2. The van der Waals surface area contributed by atoms with E-state index in [0.29, 0.717) is 23.4 Å². The van der Waals surface area contributed by atoms with E-state index in [-0.39, 0.29) is 11.8 Å². The minimum absolute atomic E-state index is 0.185. The highest BCUT2D eigenvalue weighted by Gasteiger charge is 2.13. The highest BCUT2D eigenvalue weighted by atomic mass is 16.2. The Hall–Kier alpha value is -2.69. The lowest BCUT2D eigenvalue weighted by molar-refractivity contribution is 0.0954. The largest absolute Gasteiger partial charge is 0.352 e. The lowest BCUT2D eigenvalue weighted by Crippen LogP contribution is -2.26. The molecule has 0 spiro atoms. The van der Waals surface area contributed by atoms with Crippen molar-refractivity contribution < 1.29 is 9.59 Å². The van der Waals surface area contributed by atoms with Gasteiger partial charge in [0.05, 0.1) is 16.8 Å². The first-order valence-electron chi connectivity index (χ1n) is 7.31. The number of anilines is 1. The summed E-state index contributed by atoms with van der Waals surface area (Å²) < 4.78 is 0. The van der Waals surface area contributed by atoms with Gasteiger partial charge in [-0.2, -0.15) is 0 Å². The molecule has 0 saturated carbocycles. The van der Waals surface area contributed by atoms with E-state index in [2.05, 4.69) is 22.5 Å². The van der Waals surface area contributed by atoms with Crippen molar-refractivity contribution in [2.75, 3.05) is 11.9 Å². The van der Waals surface area contributed by atoms with E-state index in [0.717, 1.165) is 12.8 Å². The number of aromatic nitrogens is 1. The number of rotatable bonds is 6. The normalized spacial score (nSPS) is 10.0. The number of hydrogen-bond donors (Lipinski definition) is 2. The molecule has 0 atom stereocenters. The molecule has 0 bridgehead atoms. The number of nitrogens with zero attached hydrogens (tertiary/aromatic N) is 1. The Morgan fingerprint density at radius 3 is 2.64 bits per heavy atom. The van der Waals surface area contributed by atoms with Crippen molar-refractivity contribution >= 4 is 17.5 Å². The topological polar surface area (TPSA) is 71.1 Å². The molecule has 0 aliphatic carbocycles. The van der Waals surface area contributed by atoms with Crippen LogP contribution in [0.15, 0.2) is 48.8 Å². The van der Waals surface area contributed by atoms with Gasteiger partial charge in [-0.1, -0.05) is 25.5 Å². The lowest BCUT2D eigenvalue weighted by atomic mass is 10.1. The van der Waals surface area contributed by atoms with Gasteiger partial charge in [-0.05, 0) is 30.7 Å². The van der Waals surface area contributed by atoms with Crippen molar-refractivity contribution in [1.82, 2.24) is 10.3 Å². The van der Waals surface area contributed by atoms with Gasteiger partial charge in [0.25, 0.3) is 11.8 Å². The van der Waals surface area contributed by atoms with E-state index in [1.807, 2.05) is 0 Å². The number of unbranched alkanes of at least 4 members (excludes halogenated alkanes) is 1. The molecule has 0 radical (unpaired) electrons. The summed E-state index contributed by atoms with van der Waals surface area (Å²) in [6.07, 6.45) is 5.03. The Kier molecular flexibility index (Phi) is 5.65. The van der Waals surface area contributed by atoms with E-state index in [1.54, 1.807) is 42.6 Å². The van der Waals surface area contributed by atoms with Crippen molar-refractivity contribution in [3.05, 3.63) is 59.9 Å². The molecule has 0 aliphatic rings. The van der Waals surface area contributed by atoms with Crippen LogP contribution in [-0.4, -0.2) is 23.3 Å². The quantitative estimate of drug-likeness (QED) is 0.805. The zero-order valence-electron chi connectivity index (χ0n) is 12.5. The van der Waals surface area contributed by atoms with Gasteiger partial charge < -0.3 is 10.6 Å². The number of nitrogens with one attached hydrogen (secondary N) is 2. The van der Waals surface area contributed by atoms with Crippen LogP contribution in [0.2, 0.25) is 0 Å². The highest BCUT2D eigenvalue weighted by Crippen LogP contribution is 2.16. The second-order valence-corrected chi connectivity index (χ2v) is 4.85. The number of pyridine rings is 1. The first kappa shape index (κ1) is 15.7. The van der Waals surface area contributed by atoms with Crippen molar-refractivity contribution in [3.8, 4) is 0 Å². The molecule has 1 heterocycles. The third-order valence-electron chi connectivity index (χ3n) is 3.16. The number of para-hydroxylation sites is 1. The van der Waals surface area contributed by atoms with Crippen LogP contribution in [0.5, 0.6) is 0 Å². The van der Waals surface area contributed by atoms with Crippen LogP contribution in [0, 0.1) is 0 Å². The van der Waals surface area contributed by atoms with E-state index >= 15 is 0 Å². The molecule has 0 aliphatic heterocycles. The second kappa shape index (κ2) is 7.93. The maximum Gasteiger partial charge on any atom is 0.257 e. The van der Waals surface area contributed by atoms with Gasteiger partial charge in [0.1, 0.15) is 0 Å². The molecule has 5 heteroatoms. The Balaban J connectivity index is 2.11. The molecule has 0 saturated heterocycles. The van der Waals surface area contributed by atoms with Gasteiger partial charge in [-0.25, -0.2) is 0 Å². The summed E-state index contributed by atoms with van der Waals surface area (Å²) >= 11 is 0. The van der Waals surface area contributed by atoms with Crippen LogP contribution >= 0.6 is 0 Å². The van der Waals surface area contributed by atoms with Gasteiger partial charge >= 0.3 is 0 Å². The minimum atomic E-state index is -0.290. The van der Waals surface area contributed by atoms with Gasteiger partial charge in [0.15, 0.2) is 0 Å². The zero-order valence-corrected chi connectivity index (χ0v) is 12.5. The molecule has 1 aromatic heterocycles. The number of carbonyl (C=O) groups excluding carboxylic acids is 2. The molecular weight excluding hydrogens is 278 g/mol. The number of hydrogen-bond acceptors (Lipinski definition) is 3. The Bertz CT molecular complexity index is 641. The summed E-state index contributed by atoms with van der Waals surface area (Å²) in [7, 11) is 0. The van der Waals surface area contributed by atoms with Crippen LogP contribution in [0.4, 0.5) is 5.69 Å². The summed E-state index contributed by atoms with van der Waals surface area (Å²) in [5, 5.41) is 5.61. The number of carbonyl (C=O) groups is 2. The molecule has 22 heavy (non-hydrogen) atoms. The van der Waals surface area contributed by atoms with Crippen molar-refractivity contribution in [1.29, 1.82) is 0 Å². The fourth-order valence-electron chi connectivity index (χ4n) is 1.96. The fourth-order valence-corrected chi connectivity index (χ4v) is 1.96. The number of benzene rings is 1. The van der Waals surface area contributed by atoms with Crippen LogP contribution in [0.25, 0.3) is 0 Å². The summed E-state index contributed by atoms with van der Waals surface area (Å²) in [4.78, 5) is 28.3. The minimum Gasteiger partial charge on any atom is -0.352 e. The Labute approximate surface area is 129 Å². The molecule has 5 nitrogen and oxygen atoms in total. The predicted octanol–water partition coefficient (Wildman–Crippen LogP) is 2.86. The van der Waals surface area contributed by atoms with Crippen LogP contribution < -0.4 is 10.6 Å². The Morgan fingerprint density at radius 2 is 1.91 bits per heavy atom. The molecule has 2 rings (SSSR count). The number of amides is 2. The molecule has 1 aromatic carbocycles. The Morgan fingerprint density at radius 1 is 1.09 bits per heavy atom. The summed E-state index contributed by atoms with van der Waals surface area (Å²) in [5.41, 5.74) is 1.39. The maximum absolute atomic E-state index is 12.2. The molecule has 2 N–H and O–H groups in total. The van der Waals surface area contributed by atoms with Crippen LogP contribution in [0.1, 0.15) is 40.5 Å². The van der Waals surface area contributed by atoms with Gasteiger partial charge in [0, 0.05) is 18.9 Å². The summed E-state index contributed by atoms with van der Waals surface area (Å²) in [5.74, 6) is -0.475. The predicted molar refractivity (Wildman–Crippen MR) is 85.9 cm³/mol. The molecule has 0 unspecified atom stereocenters. The standard InChI is InChI=1S/C17H19N3O2/c1-2-3-11-19-17(22)14-8-4-5-9-15(14)20-16(21)13-7-6-10-18-12-13/h4-10,12H,2-3,11H2,1H3,(H,19,22)(H,20,21). The summed E-state index contributed by atoms with van der Waals surface area (Å²) in [6.45, 7) is 2.69. The molecule has 2 aromatic rings. The fraction of sp³-hybridized carbons (Fsp3) is 0.235. The van der Waals surface area contributed by atoms with Gasteiger partial charge in [0.2, 0.25) is 0 Å². The third-order valence-corrected chi connectivity index (χ3v) is 3.16. The van der Waals surface area contributed by atoms with Crippen LogP contribution in [0.3, 0.4) is 0 Å². The smallest absolute Gasteiger partial charge is 0.257 e. The van der Waals surface area contributed by atoms with E-state index in [4.69, 9.17) is 0 Å². The first-order chi connectivity index (χ1) is 10.7. The first-order valence-corrected chi connectivity index (χ1v) is 7.31. The average Bonchev–Trinajstić information content (AvgIpc) is 2.56.